The van der Waals surface area contributed by atoms with E-state index in [-0.39, 0.29) is 34.7 Å². The van der Waals surface area contributed by atoms with E-state index in [1.54, 1.807) is 4.68 Å². The maximum atomic E-state index is 12.8. The smallest absolute Gasteiger partial charge is 0.322 e. The van der Waals surface area contributed by atoms with Gasteiger partial charge in [-0.25, -0.2) is 9.48 Å². The largest absolute Gasteiger partial charge is 0.324 e. The number of carbonyl (C=O) groups excluding carboxylic acids is 2. The SMILES string of the molecule is CC(C)(C)c1ccc(NC(=O)Nc2cc(C(C)(C)C)nn2C2NC(=O)C3CCCC3N2)cc1. The highest BCUT2D eigenvalue weighted by Crippen LogP contribution is 2.32. The highest BCUT2D eigenvalue weighted by atomic mass is 16.2. The van der Waals surface area contributed by atoms with Crippen molar-refractivity contribution in [3.05, 3.63) is 41.6 Å². The van der Waals surface area contributed by atoms with E-state index in [1.807, 2.05) is 30.3 Å². The number of benzene rings is 1. The summed E-state index contributed by atoms with van der Waals surface area (Å²) in [5.74, 6) is 0.580. The summed E-state index contributed by atoms with van der Waals surface area (Å²) in [6.45, 7) is 12.7. The van der Waals surface area contributed by atoms with Gasteiger partial charge < -0.3 is 10.6 Å². The highest BCUT2D eigenvalue weighted by Gasteiger charge is 2.40. The zero-order valence-electron chi connectivity index (χ0n) is 20.5. The van der Waals surface area contributed by atoms with Crippen molar-refractivity contribution < 1.29 is 9.59 Å². The third kappa shape index (κ3) is 5.05. The van der Waals surface area contributed by atoms with E-state index in [1.165, 1.54) is 5.56 Å². The van der Waals surface area contributed by atoms with Crippen LogP contribution in [0.4, 0.5) is 16.3 Å². The average molecular weight is 453 g/mol. The Bertz CT molecular complexity index is 1030. The number of anilines is 2. The van der Waals surface area contributed by atoms with Crippen molar-refractivity contribution in [3.63, 3.8) is 0 Å². The third-order valence-electron chi connectivity index (χ3n) is 6.50. The molecule has 178 valence electrons. The van der Waals surface area contributed by atoms with Gasteiger partial charge in [0.1, 0.15) is 5.82 Å². The lowest BCUT2D eigenvalue weighted by Gasteiger charge is -2.34. The van der Waals surface area contributed by atoms with Crippen LogP contribution in [0.5, 0.6) is 0 Å². The van der Waals surface area contributed by atoms with Crippen molar-refractivity contribution >= 4 is 23.4 Å². The Labute approximate surface area is 195 Å². The first-order chi connectivity index (χ1) is 15.4. The number of aromatic nitrogens is 2. The fourth-order valence-corrected chi connectivity index (χ4v) is 4.47. The molecular weight excluding hydrogens is 416 g/mol. The predicted octanol–water partition coefficient (Wildman–Crippen LogP) is 4.47. The summed E-state index contributed by atoms with van der Waals surface area (Å²) in [6, 6.07) is 9.50. The maximum absolute atomic E-state index is 12.8. The minimum absolute atomic E-state index is 0.00896. The molecule has 2 fully saturated rings. The first kappa shape index (κ1) is 23.3. The summed E-state index contributed by atoms with van der Waals surface area (Å²) in [5, 5.41) is 17.1. The zero-order valence-corrected chi connectivity index (χ0v) is 20.5. The maximum Gasteiger partial charge on any atom is 0.324 e. The molecule has 4 rings (SSSR count). The van der Waals surface area contributed by atoms with Crippen molar-refractivity contribution in [2.75, 3.05) is 10.6 Å². The van der Waals surface area contributed by atoms with Crippen LogP contribution in [-0.4, -0.2) is 27.8 Å². The Hall–Kier alpha value is -2.87. The topological polar surface area (TPSA) is 100 Å². The Morgan fingerprint density at radius 3 is 2.36 bits per heavy atom. The summed E-state index contributed by atoms with van der Waals surface area (Å²) < 4.78 is 1.68. The van der Waals surface area contributed by atoms with Gasteiger partial charge in [0.2, 0.25) is 5.91 Å². The second-order valence-electron chi connectivity index (χ2n) is 11.2. The number of rotatable bonds is 3. The molecular formula is C25H36N6O2. The second-order valence-corrected chi connectivity index (χ2v) is 11.2. The molecule has 2 heterocycles. The van der Waals surface area contributed by atoms with Crippen LogP contribution in [0.15, 0.2) is 30.3 Å². The monoisotopic (exact) mass is 452 g/mol. The summed E-state index contributed by atoms with van der Waals surface area (Å²) in [7, 11) is 0. The average Bonchev–Trinajstić information content (AvgIpc) is 3.34. The lowest BCUT2D eigenvalue weighted by molar-refractivity contribution is -0.130. The molecule has 8 heteroatoms. The van der Waals surface area contributed by atoms with Crippen LogP contribution in [0.1, 0.15) is 78.4 Å². The molecule has 1 aliphatic heterocycles. The molecule has 1 saturated carbocycles. The number of carbonyl (C=O) groups is 2. The molecule has 3 unspecified atom stereocenters. The number of urea groups is 1. The Morgan fingerprint density at radius 1 is 1.03 bits per heavy atom. The molecule has 2 aromatic rings. The van der Waals surface area contributed by atoms with Gasteiger partial charge in [0.25, 0.3) is 0 Å². The van der Waals surface area contributed by atoms with Crippen molar-refractivity contribution in [1.82, 2.24) is 20.4 Å². The highest BCUT2D eigenvalue weighted by molar-refractivity contribution is 5.99. The Balaban J connectivity index is 1.53. The summed E-state index contributed by atoms with van der Waals surface area (Å²) >= 11 is 0. The van der Waals surface area contributed by atoms with Crippen LogP contribution in [0.3, 0.4) is 0 Å². The van der Waals surface area contributed by atoms with E-state index in [0.717, 1.165) is 25.0 Å². The molecule has 33 heavy (non-hydrogen) atoms. The van der Waals surface area contributed by atoms with Crippen LogP contribution in [0, 0.1) is 5.92 Å². The van der Waals surface area contributed by atoms with Gasteiger partial charge in [0.15, 0.2) is 6.29 Å². The van der Waals surface area contributed by atoms with Crippen LogP contribution in [0.2, 0.25) is 0 Å². The van der Waals surface area contributed by atoms with Gasteiger partial charge in [-0.1, -0.05) is 60.1 Å². The van der Waals surface area contributed by atoms with E-state index >= 15 is 0 Å². The van der Waals surface area contributed by atoms with Gasteiger partial charge in [0, 0.05) is 23.2 Å². The molecule has 1 aromatic heterocycles. The Kier molecular flexibility index (Phi) is 5.99. The number of hydrogen-bond donors (Lipinski definition) is 4. The molecule has 1 saturated heterocycles. The normalized spacial score (nSPS) is 23.1. The van der Waals surface area contributed by atoms with E-state index in [2.05, 4.69) is 62.8 Å². The van der Waals surface area contributed by atoms with Crippen LogP contribution < -0.4 is 21.3 Å². The van der Waals surface area contributed by atoms with Crippen LogP contribution >= 0.6 is 0 Å². The minimum atomic E-state index is -0.505. The number of nitrogens with zero attached hydrogens (tertiary/aromatic N) is 2. The zero-order chi connectivity index (χ0) is 24.0. The van der Waals surface area contributed by atoms with Gasteiger partial charge in [-0.2, -0.15) is 5.10 Å². The first-order valence-electron chi connectivity index (χ1n) is 11.8. The number of fused-ring (bicyclic) bond motifs is 1. The lowest BCUT2D eigenvalue weighted by Crippen LogP contribution is -2.57. The molecule has 2 aliphatic rings. The quantitative estimate of drug-likeness (QED) is 0.552. The van der Waals surface area contributed by atoms with Crippen molar-refractivity contribution in [3.8, 4) is 0 Å². The van der Waals surface area contributed by atoms with E-state index < -0.39 is 6.29 Å². The van der Waals surface area contributed by atoms with Gasteiger partial charge in [-0.3, -0.25) is 15.4 Å². The molecule has 1 aliphatic carbocycles. The van der Waals surface area contributed by atoms with Crippen molar-refractivity contribution in [2.24, 2.45) is 5.92 Å². The molecule has 3 amide bonds. The fourth-order valence-electron chi connectivity index (χ4n) is 4.47. The van der Waals surface area contributed by atoms with E-state index in [0.29, 0.717) is 11.5 Å². The van der Waals surface area contributed by atoms with Gasteiger partial charge in [-0.15, -0.1) is 0 Å². The van der Waals surface area contributed by atoms with Crippen LogP contribution in [-0.2, 0) is 15.6 Å². The minimum Gasteiger partial charge on any atom is -0.322 e. The van der Waals surface area contributed by atoms with Crippen LogP contribution in [0.25, 0.3) is 0 Å². The number of hydrogen-bond acceptors (Lipinski definition) is 4. The summed E-state index contributed by atoms with van der Waals surface area (Å²) in [5.41, 5.74) is 2.57. The first-order valence-corrected chi connectivity index (χ1v) is 11.8. The Morgan fingerprint density at radius 2 is 1.73 bits per heavy atom. The fraction of sp³-hybridized carbons (Fsp3) is 0.560. The molecule has 0 spiro atoms. The second kappa shape index (κ2) is 8.48. The third-order valence-corrected chi connectivity index (χ3v) is 6.50. The van der Waals surface area contributed by atoms with Gasteiger partial charge >= 0.3 is 6.03 Å². The van der Waals surface area contributed by atoms with E-state index in [9.17, 15) is 9.59 Å². The number of nitrogens with one attached hydrogen (secondary N) is 4. The molecule has 8 nitrogen and oxygen atoms in total. The molecule has 0 bridgehead atoms. The predicted molar refractivity (Wildman–Crippen MR) is 130 cm³/mol. The van der Waals surface area contributed by atoms with Gasteiger partial charge in [-0.05, 0) is 36.0 Å². The summed E-state index contributed by atoms with van der Waals surface area (Å²) in [6.07, 6.45) is 2.41. The number of amides is 3. The van der Waals surface area contributed by atoms with Crippen molar-refractivity contribution in [2.45, 2.75) is 84.0 Å². The van der Waals surface area contributed by atoms with E-state index in [4.69, 9.17) is 5.10 Å². The lowest BCUT2D eigenvalue weighted by atomic mass is 9.87. The van der Waals surface area contributed by atoms with Crippen molar-refractivity contribution in [1.29, 1.82) is 0 Å². The molecule has 4 N–H and O–H groups in total. The summed E-state index contributed by atoms with van der Waals surface area (Å²) in [4.78, 5) is 25.5. The standard InChI is InChI=1S/C25H36N6O2/c1-24(2,3)15-10-12-16(13-11-15)26-23(33)28-20-14-19(25(4,5)6)30-31(20)22-27-18-9-7-8-17(18)21(32)29-22/h10-14,17-18,22,27H,7-9H2,1-6H3,(H,29,32)(H2,26,28,33). The van der Waals surface area contributed by atoms with Gasteiger partial charge in [0.05, 0.1) is 11.6 Å². The molecule has 1 aromatic carbocycles. The molecule has 0 radical (unpaired) electrons. The molecule has 3 atom stereocenters.